The number of allylic oxidation sites excluding steroid dienone is 2. The monoisotopic (exact) mass is 290 g/mol. The molecular formula is C17H22O4. The van der Waals surface area contributed by atoms with E-state index in [1.165, 1.54) is 12.5 Å². The first kappa shape index (κ1) is 15.5. The molecule has 0 amide bonds. The van der Waals surface area contributed by atoms with Crippen LogP contribution in [-0.2, 0) is 19.1 Å². The molecule has 0 aromatic heterocycles. The standard InChI is InChI=1S/C17H22O4/c1-10-6-5-7-11(2)9-15-16(12(3)17(19)21-15)14(8-10)20-13(4)18/h6,9,14-16H,3,5,7-8H2,1-2,4H3/b10-6-,11-9-. The summed E-state index contributed by atoms with van der Waals surface area (Å²) in [4.78, 5) is 23.2. The predicted molar refractivity (Wildman–Crippen MR) is 79.4 cm³/mol. The fraction of sp³-hybridized carbons (Fsp3) is 0.529. The molecule has 2 rings (SSSR count). The van der Waals surface area contributed by atoms with Crippen LogP contribution in [-0.4, -0.2) is 24.1 Å². The van der Waals surface area contributed by atoms with E-state index >= 15 is 0 Å². The van der Waals surface area contributed by atoms with Gasteiger partial charge < -0.3 is 9.47 Å². The van der Waals surface area contributed by atoms with Crippen molar-refractivity contribution in [2.24, 2.45) is 5.92 Å². The molecule has 4 heteroatoms. The van der Waals surface area contributed by atoms with Crippen molar-refractivity contribution in [2.75, 3.05) is 0 Å². The normalized spacial score (nSPS) is 34.9. The second kappa shape index (κ2) is 6.29. The third-order valence-electron chi connectivity index (χ3n) is 3.98. The summed E-state index contributed by atoms with van der Waals surface area (Å²) in [6.45, 7) is 9.27. The lowest BCUT2D eigenvalue weighted by Gasteiger charge is -2.26. The molecule has 0 saturated carbocycles. The van der Waals surface area contributed by atoms with Crippen molar-refractivity contribution in [3.63, 3.8) is 0 Å². The van der Waals surface area contributed by atoms with Gasteiger partial charge in [0.25, 0.3) is 0 Å². The molecule has 1 fully saturated rings. The molecular weight excluding hydrogens is 268 g/mol. The molecule has 0 aromatic carbocycles. The fourth-order valence-electron chi connectivity index (χ4n) is 2.95. The zero-order valence-corrected chi connectivity index (χ0v) is 12.8. The van der Waals surface area contributed by atoms with Gasteiger partial charge in [0.15, 0.2) is 0 Å². The maximum absolute atomic E-state index is 11.9. The van der Waals surface area contributed by atoms with Crippen molar-refractivity contribution < 1.29 is 19.1 Å². The van der Waals surface area contributed by atoms with Crippen molar-refractivity contribution in [2.45, 2.75) is 52.2 Å². The van der Waals surface area contributed by atoms with Crippen LogP contribution in [0.5, 0.6) is 0 Å². The molecule has 1 saturated heterocycles. The van der Waals surface area contributed by atoms with Gasteiger partial charge >= 0.3 is 11.9 Å². The van der Waals surface area contributed by atoms with Gasteiger partial charge in [0.2, 0.25) is 0 Å². The summed E-state index contributed by atoms with van der Waals surface area (Å²) in [5.74, 6) is -1.05. The average molecular weight is 290 g/mol. The Morgan fingerprint density at radius 2 is 2.10 bits per heavy atom. The van der Waals surface area contributed by atoms with Crippen molar-refractivity contribution >= 4 is 11.9 Å². The maximum Gasteiger partial charge on any atom is 0.334 e. The van der Waals surface area contributed by atoms with E-state index in [1.54, 1.807) is 0 Å². The van der Waals surface area contributed by atoms with Crippen LogP contribution in [0.4, 0.5) is 0 Å². The van der Waals surface area contributed by atoms with Gasteiger partial charge in [-0.15, -0.1) is 0 Å². The molecule has 0 radical (unpaired) electrons. The minimum Gasteiger partial charge on any atom is -0.461 e. The highest BCUT2D eigenvalue weighted by Gasteiger charge is 2.44. The third-order valence-corrected chi connectivity index (χ3v) is 3.98. The zero-order valence-electron chi connectivity index (χ0n) is 12.8. The highest BCUT2D eigenvalue weighted by atomic mass is 16.6. The summed E-state index contributed by atoms with van der Waals surface area (Å²) in [5.41, 5.74) is 2.71. The van der Waals surface area contributed by atoms with Gasteiger partial charge in [-0.25, -0.2) is 4.79 Å². The van der Waals surface area contributed by atoms with E-state index in [1.807, 2.05) is 19.9 Å². The molecule has 0 spiro atoms. The van der Waals surface area contributed by atoms with E-state index in [9.17, 15) is 9.59 Å². The number of hydrogen-bond acceptors (Lipinski definition) is 4. The van der Waals surface area contributed by atoms with E-state index in [2.05, 4.69) is 12.7 Å². The summed E-state index contributed by atoms with van der Waals surface area (Å²) < 4.78 is 10.9. The van der Waals surface area contributed by atoms with Crippen LogP contribution in [0.1, 0.15) is 40.0 Å². The predicted octanol–water partition coefficient (Wildman–Crippen LogP) is 3.09. The van der Waals surface area contributed by atoms with E-state index in [4.69, 9.17) is 9.47 Å². The molecule has 0 bridgehead atoms. The van der Waals surface area contributed by atoms with E-state index < -0.39 is 12.1 Å². The molecule has 0 N–H and O–H groups in total. The smallest absolute Gasteiger partial charge is 0.334 e. The van der Waals surface area contributed by atoms with E-state index in [-0.39, 0.29) is 18.0 Å². The Balaban J connectivity index is 2.39. The summed E-state index contributed by atoms with van der Waals surface area (Å²) in [6, 6.07) is 0. The summed E-state index contributed by atoms with van der Waals surface area (Å²) >= 11 is 0. The van der Waals surface area contributed by atoms with Gasteiger partial charge in [-0.1, -0.05) is 23.8 Å². The molecule has 1 heterocycles. The van der Waals surface area contributed by atoms with E-state index in [0.29, 0.717) is 12.0 Å². The van der Waals surface area contributed by atoms with Gasteiger partial charge in [-0.2, -0.15) is 0 Å². The molecule has 1 aliphatic carbocycles. The topological polar surface area (TPSA) is 52.6 Å². The van der Waals surface area contributed by atoms with Crippen LogP contribution < -0.4 is 0 Å². The maximum atomic E-state index is 11.9. The highest BCUT2D eigenvalue weighted by molar-refractivity contribution is 5.91. The molecule has 3 unspecified atom stereocenters. The largest absolute Gasteiger partial charge is 0.461 e. The van der Waals surface area contributed by atoms with Crippen molar-refractivity contribution in [1.29, 1.82) is 0 Å². The third kappa shape index (κ3) is 3.63. The molecule has 3 atom stereocenters. The van der Waals surface area contributed by atoms with Gasteiger partial charge in [0.05, 0.1) is 5.92 Å². The lowest BCUT2D eigenvalue weighted by molar-refractivity contribution is -0.149. The van der Waals surface area contributed by atoms with Crippen LogP contribution >= 0.6 is 0 Å². The van der Waals surface area contributed by atoms with Crippen LogP contribution in [0.2, 0.25) is 0 Å². The molecule has 2 aliphatic rings. The SMILES string of the molecule is C=C1C(=O)OC2/C=C(/C)CC/C=C(/C)CC(OC(C)=O)C12. The lowest BCUT2D eigenvalue weighted by atomic mass is 9.85. The fourth-order valence-corrected chi connectivity index (χ4v) is 2.95. The Kier molecular flexibility index (Phi) is 4.66. The molecule has 4 nitrogen and oxygen atoms in total. The minimum absolute atomic E-state index is 0.308. The number of esters is 2. The minimum atomic E-state index is -0.412. The Bertz CT molecular complexity index is 527. The van der Waals surface area contributed by atoms with Gasteiger partial charge in [0, 0.05) is 18.9 Å². The number of hydrogen-bond donors (Lipinski definition) is 0. The summed E-state index contributed by atoms with van der Waals surface area (Å²) in [6.07, 6.45) is 5.80. The Hall–Kier alpha value is -1.84. The summed E-state index contributed by atoms with van der Waals surface area (Å²) in [5, 5.41) is 0. The van der Waals surface area contributed by atoms with Crippen molar-refractivity contribution in [3.8, 4) is 0 Å². The quantitative estimate of drug-likeness (QED) is 0.423. The number of ether oxygens (including phenoxy) is 2. The molecule has 0 aromatic rings. The second-order valence-corrected chi connectivity index (χ2v) is 5.88. The average Bonchev–Trinajstić information content (AvgIpc) is 2.62. The van der Waals surface area contributed by atoms with E-state index in [0.717, 1.165) is 18.4 Å². The van der Waals surface area contributed by atoms with Crippen molar-refractivity contribution in [3.05, 3.63) is 35.5 Å². The Labute approximate surface area is 125 Å². The number of rotatable bonds is 1. The van der Waals surface area contributed by atoms with Gasteiger partial charge in [-0.05, 0) is 32.8 Å². The lowest BCUT2D eigenvalue weighted by Crippen LogP contribution is -2.32. The summed E-state index contributed by atoms with van der Waals surface area (Å²) in [7, 11) is 0. The Morgan fingerprint density at radius 1 is 1.38 bits per heavy atom. The van der Waals surface area contributed by atoms with Crippen LogP contribution in [0, 0.1) is 5.92 Å². The molecule has 114 valence electrons. The second-order valence-electron chi connectivity index (χ2n) is 5.88. The van der Waals surface area contributed by atoms with Crippen LogP contribution in [0.15, 0.2) is 35.5 Å². The van der Waals surface area contributed by atoms with Gasteiger partial charge in [0.1, 0.15) is 12.2 Å². The van der Waals surface area contributed by atoms with Gasteiger partial charge in [-0.3, -0.25) is 4.79 Å². The highest BCUT2D eigenvalue weighted by Crippen LogP contribution is 2.36. The number of carbonyl (C=O) groups is 2. The first-order chi connectivity index (χ1) is 9.88. The first-order valence-corrected chi connectivity index (χ1v) is 7.28. The van der Waals surface area contributed by atoms with Crippen LogP contribution in [0.25, 0.3) is 0 Å². The number of carbonyl (C=O) groups excluding carboxylic acids is 2. The number of fused-ring (bicyclic) bond motifs is 1. The van der Waals surface area contributed by atoms with Crippen molar-refractivity contribution in [1.82, 2.24) is 0 Å². The van der Waals surface area contributed by atoms with Crippen LogP contribution in [0.3, 0.4) is 0 Å². The first-order valence-electron chi connectivity index (χ1n) is 7.28. The molecule has 21 heavy (non-hydrogen) atoms. The zero-order chi connectivity index (χ0) is 15.6. The Morgan fingerprint density at radius 3 is 2.76 bits per heavy atom. The molecule has 1 aliphatic heterocycles.